The van der Waals surface area contributed by atoms with E-state index in [9.17, 15) is 24.3 Å². The Bertz CT molecular complexity index is 622. The van der Waals surface area contributed by atoms with Crippen LogP contribution in [0.25, 0.3) is 0 Å². The number of carboxylic acid groups (broad SMARTS) is 1. The number of hydrogen-bond donors (Lipinski definition) is 8. The highest BCUT2D eigenvalue weighted by Crippen LogP contribution is 2.04. The van der Waals surface area contributed by atoms with Crippen molar-refractivity contribution in [2.75, 3.05) is 19.7 Å². The Labute approximate surface area is 174 Å². The van der Waals surface area contributed by atoms with E-state index in [1.54, 1.807) is 0 Å². The Morgan fingerprint density at radius 2 is 1.67 bits per heavy atom. The number of amides is 3. The van der Waals surface area contributed by atoms with Gasteiger partial charge in [0.05, 0.1) is 19.2 Å². The second-order valence-electron chi connectivity index (χ2n) is 7.10. The van der Waals surface area contributed by atoms with Gasteiger partial charge in [-0.15, -0.1) is 0 Å². The molecule has 0 aromatic heterocycles. The lowest BCUT2D eigenvalue weighted by Crippen LogP contribution is -2.54. The maximum atomic E-state index is 12.1. The predicted molar refractivity (Wildman–Crippen MR) is 109 cm³/mol. The van der Waals surface area contributed by atoms with E-state index < -0.39 is 55.0 Å². The third-order valence-electron chi connectivity index (χ3n) is 3.88. The molecule has 0 aliphatic heterocycles. The van der Waals surface area contributed by atoms with Crippen molar-refractivity contribution < 1.29 is 29.4 Å². The van der Waals surface area contributed by atoms with Crippen LogP contribution >= 0.6 is 0 Å². The SMILES string of the molecule is CC(C)CC(NC(=O)CNC(=O)C(CO)NC(=O)C(N)CCCN=C(N)N)C(=O)O. The third-order valence-corrected chi connectivity index (χ3v) is 3.88. The number of guanidine groups is 1. The van der Waals surface area contributed by atoms with E-state index in [0.717, 1.165) is 0 Å². The topological polar surface area (TPSA) is 235 Å². The van der Waals surface area contributed by atoms with Crippen molar-refractivity contribution >= 4 is 29.7 Å². The first-order valence-corrected chi connectivity index (χ1v) is 9.50. The van der Waals surface area contributed by atoms with E-state index in [2.05, 4.69) is 20.9 Å². The summed E-state index contributed by atoms with van der Waals surface area (Å²) in [7, 11) is 0. The van der Waals surface area contributed by atoms with Crippen molar-refractivity contribution in [3.63, 3.8) is 0 Å². The zero-order valence-electron chi connectivity index (χ0n) is 17.3. The molecule has 3 atom stereocenters. The number of carbonyl (C=O) groups excluding carboxylic acids is 3. The number of carbonyl (C=O) groups is 4. The van der Waals surface area contributed by atoms with E-state index in [0.29, 0.717) is 6.42 Å². The number of nitrogens with zero attached hydrogens (tertiary/aromatic N) is 1. The van der Waals surface area contributed by atoms with Crippen LogP contribution in [-0.4, -0.2) is 77.7 Å². The van der Waals surface area contributed by atoms with Gasteiger partial charge >= 0.3 is 5.97 Å². The summed E-state index contributed by atoms with van der Waals surface area (Å²) in [4.78, 5) is 51.0. The Balaban J connectivity index is 4.52. The minimum atomic E-state index is -1.32. The van der Waals surface area contributed by atoms with Crippen molar-refractivity contribution in [2.45, 2.75) is 51.2 Å². The Morgan fingerprint density at radius 1 is 1.03 bits per heavy atom. The number of rotatable bonds is 14. The summed E-state index contributed by atoms with van der Waals surface area (Å²) < 4.78 is 0. The van der Waals surface area contributed by atoms with Gasteiger partial charge in [-0.2, -0.15) is 0 Å². The Kier molecular flexibility index (Phi) is 12.7. The first-order chi connectivity index (χ1) is 14.0. The fourth-order valence-electron chi connectivity index (χ4n) is 2.35. The standard InChI is InChI=1S/C17H33N7O6/c1-9(2)6-11(16(29)30)23-13(26)7-22-15(28)12(8-25)24-14(27)10(18)4-3-5-21-17(19)20/h9-12,25H,3-8,18H2,1-2H3,(H,22,28)(H,23,26)(H,24,27)(H,29,30)(H4,19,20,21). The van der Waals surface area contributed by atoms with Crippen molar-refractivity contribution in [1.82, 2.24) is 16.0 Å². The van der Waals surface area contributed by atoms with Crippen LogP contribution in [0.1, 0.15) is 33.1 Å². The van der Waals surface area contributed by atoms with Gasteiger partial charge in [-0.3, -0.25) is 19.4 Å². The largest absolute Gasteiger partial charge is 0.480 e. The first-order valence-electron chi connectivity index (χ1n) is 9.50. The Morgan fingerprint density at radius 3 is 2.17 bits per heavy atom. The van der Waals surface area contributed by atoms with Crippen LogP contribution < -0.4 is 33.2 Å². The summed E-state index contributed by atoms with van der Waals surface area (Å²) in [5.41, 5.74) is 16.1. The minimum Gasteiger partial charge on any atom is -0.480 e. The van der Waals surface area contributed by atoms with Crippen LogP contribution in [0.5, 0.6) is 0 Å². The molecule has 0 saturated heterocycles. The van der Waals surface area contributed by atoms with E-state index in [-0.39, 0.29) is 31.3 Å². The van der Waals surface area contributed by atoms with Gasteiger partial charge in [0.25, 0.3) is 0 Å². The first kappa shape index (κ1) is 27.1. The number of nitrogens with one attached hydrogen (secondary N) is 3. The van der Waals surface area contributed by atoms with Crippen molar-refractivity contribution in [3.05, 3.63) is 0 Å². The molecule has 0 saturated carbocycles. The van der Waals surface area contributed by atoms with Gasteiger partial charge in [-0.05, 0) is 25.2 Å². The average Bonchev–Trinajstić information content (AvgIpc) is 2.65. The second-order valence-corrected chi connectivity index (χ2v) is 7.10. The molecule has 0 fully saturated rings. The van der Waals surface area contributed by atoms with Crippen LogP contribution in [0.2, 0.25) is 0 Å². The van der Waals surface area contributed by atoms with Gasteiger partial charge in [0, 0.05) is 6.54 Å². The summed E-state index contributed by atoms with van der Waals surface area (Å²) in [6.45, 7) is 2.67. The van der Waals surface area contributed by atoms with E-state index in [1.807, 2.05) is 13.8 Å². The molecule has 30 heavy (non-hydrogen) atoms. The lowest BCUT2D eigenvalue weighted by molar-refractivity contribution is -0.142. The number of nitrogens with two attached hydrogens (primary N) is 3. The molecule has 3 amide bonds. The molecule has 0 aromatic carbocycles. The van der Waals surface area contributed by atoms with Gasteiger partial charge in [0.2, 0.25) is 17.7 Å². The molecule has 13 nitrogen and oxygen atoms in total. The van der Waals surface area contributed by atoms with E-state index >= 15 is 0 Å². The fourth-order valence-corrected chi connectivity index (χ4v) is 2.35. The molecule has 3 unspecified atom stereocenters. The third kappa shape index (κ3) is 11.8. The number of carboxylic acids is 1. The lowest BCUT2D eigenvalue weighted by atomic mass is 10.0. The fraction of sp³-hybridized carbons (Fsp3) is 0.706. The Hall–Kier alpha value is -2.93. The summed E-state index contributed by atoms with van der Waals surface area (Å²) in [6, 6.07) is -3.35. The zero-order valence-corrected chi connectivity index (χ0v) is 17.3. The maximum Gasteiger partial charge on any atom is 0.326 e. The minimum absolute atomic E-state index is 0.0404. The van der Waals surface area contributed by atoms with Gasteiger partial charge in [-0.25, -0.2) is 4.79 Å². The van der Waals surface area contributed by atoms with E-state index in [4.69, 9.17) is 22.3 Å². The highest BCUT2D eigenvalue weighted by Gasteiger charge is 2.25. The van der Waals surface area contributed by atoms with Gasteiger partial charge in [-0.1, -0.05) is 13.8 Å². The molecule has 0 aromatic rings. The normalized spacial score (nSPS) is 13.6. The molecule has 0 radical (unpaired) electrons. The van der Waals surface area contributed by atoms with Crippen LogP contribution in [0.4, 0.5) is 0 Å². The summed E-state index contributed by atoms with van der Waals surface area (Å²) in [5, 5.41) is 25.3. The number of aliphatic hydroxyl groups is 1. The molecule has 0 heterocycles. The molecule has 0 spiro atoms. The number of aliphatic carboxylic acids is 1. The second kappa shape index (κ2) is 14.1. The zero-order chi connectivity index (χ0) is 23.3. The summed E-state index contributed by atoms with van der Waals surface area (Å²) in [5.74, 6) is -3.41. The van der Waals surface area contributed by atoms with Crippen molar-refractivity contribution in [1.29, 1.82) is 0 Å². The highest BCUT2D eigenvalue weighted by atomic mass is 16.4. The molecule has 11 N–H and O–H groups in total. The average molecular weight is 431 g/mol. The number of hydrogen-bond acceptors (Lipinski definition) is 7. The van der Waals surface area contributed by atoms with Crippen molar-refractivity contribution in [2.24, 2.45) is 28.1 Å². The quantitative estimate of drug-likeness (QED) is 0.0775. The van der Waals surface area contributed by atoms with Gasteiger partial charge in [0.1, 0.15) is 12.1 Å². The smallest absolute Gasteiger partial charge is 0.326 e. The molecule has 0 aliphatic carbocycles. The highest BCUT2D eigenvalue weighted by molar-refractivity contribution is 5.92. The molecule has 0 aliphatic rings. The predicted octanol–water partition coefficient (Wildman–Crippen LogP) is -3.42. The molecule has 0 bridgehead atoms. The lowest BCUT2D eigenvalue weighted by Gasteiger charge is -2.20. The molecular weight excluding hydrogens is 398 g/mol. The number of aliphatic hydroxyl groups excluding tert-OH is 1. The molecule has 172 valence electrons. The summed E-state index contributed by atoms with van der Waals surface area (Å²) >= 11 is 0. The van der Waals surface area contributed by atoms with Crippen LogP contribution in [-0.2, 0) is 19.2 Å². The van der Waals surface area contributed by atoms with E-state index in [1.165, 1.54) is 0 Å². The maximum absolute atomic E-state index is 12.1. The van der Waals surface area contributed by atoms with Crippen LogP contribution in [0.15, 0.2) is 4.99 Å². The monoisotopic (exact) mass is 431 g/mol. The molecule has 0 rings (SSSR count). The number of aliphatic imine (C=N–C) groups is 1. The van der Waals surface area contributed by atoms with Crippen LogP contribution in [0.3, 0.4) is 0 Å². The molecule has 13 heteroatoms. The van der Waals surface area contributed by atoms with Crippen LogP contribution in [0, 0.1) is 5.92 Å². The van der Waals surface area contributed by atoms with Crippen molar-refractivity contribution in [3.8, 4) is 0 Å². The summed E-state index contributed by atoms with van der Waals surface area (Å²) in [6.07, 6.45) is 0.909. The molecular formula is C17H33N7O6. The van der Waals surface area contributed by atoms with Gasteiger partial charge < -0.3 is 43.4 Å². The van der Waals surface area contributed by atoms with Gasteiger partial charge in [0.15, 0.2) is 5.96 Å².